The van der Waals surface area contributed by atoms with Crippen molar-refractivity contribution in [2.45, 2.75) is 64.5 Å². The average molecular weight is 375 g/mol. The molecule has 6 nitrogen and oxygen atoms in total. The van der Waals surface area contributed by atoms with Crippen molar-refractivity contribution in [1.29, 1.82) is 0 Å². The van der Waals surface area contributed by atoms with Gasteiger partial charge in [-0.15, -0.1) is 0 Å². The summed E-state index contributed by atoms with van der Waals surface area (Å²) in [5.74, 6) is 1.67. The molecule has 0 radical (unpaired) electrons. The van der Waals surface area contributed by atoms with Gasteiger partial charge >= 0.3 is 6.03 Å². The number of amides is 2. The number of hydrogen-bond acceptors (Lipinski definition) is 4. The van der Waals surface area contributed by atoms with E-state index in [-0.39, 0.29) is 6.03 Å². The Bertz CT molecular complexity index is 572. The summed E-state index contributed by atoms with van der Waals surface area (Å²) >= 11 is 0. The predicted molar refractivity (Wildman–Crippen MR) is 108 cm³/mol. The minimum Gasteiger partial charge on any atom is -0.376 e. The highest BCUT2D eigenvalue weighted by Gasteiger charge is 2.21. The van der Waals surface area contributed by atoms with Crippen LogP contribution in [0.25, 0.3) is 0 Å². The molecule has 2 heterocycles. The lowest BCUT2D eigenvalue weighted by Crippen LogP contribution is -2.38. The van der Waals surface area contributed by atoms with E-state index < -0.39 is 0 Å². The van der Waals surface area contributed by atoms with E-state index in [1.54, 1.807) is 0 Å². The minimum atomic E-state index is -0.157. The van der Waals surface area contributed by atoms with Gasteiger partial charge in [0, 0.05) is 32.4 Å². The molecule has 2 aliphatic rings. The van der Waals surface area contributed by atoms with Crippen molar-refractivity contribution in [2.75, 3.05) is 31.1 Å². The van der Waals surface area contributed by atoms with Gasteiger partial charge in [-0.25, -0.2) is 9.78 Å². The first-order valence-electron chi connectivity index (χ1n) is 10.6. The molecule has 2 amide bonds. The first-order valence-corrected chi connectivity index (χ1v) is 10.6. The summed E-state index contributed by atoms with van der Waals surface area (Å²) in [7, 11) is 0. The van der Waals surface area contributed by atoms with E-state index >= 15 is 0 Å². The number of ether oxygens (including phenoxy) is 1. The summed E-state index contributed by atoms with van der Waals surface area (Å²) in [5.41, 5.74) is 1.01. The number of piperidine rings is 1. The fourth-order valence-electron chi connectivity index (χ4n) is 3.98. The molecule has 2 fully saturated rings. The fraction of sp³-hybridized carbons (Fsp3) is 0.714. The van der Waals surface area contributed by atoms with Crippen LogP contribution >= 0.6 is 0 Å². The van der Waals surface area contributed by atoms with Crippen LogP contribution in [-0.4, -0.2) is 43.4 Å². The number of nitrogens with one attached hydrogen (secondary N) is 2. The van der Waals surface area contributed by atoms with Gasteiger partial charge in [0.25, 0.3) is 0 Å². The summed E-state index contributed by atoms with van der Waals surface area (Å²) in [4.78, 5) is 18.8. The van der Waals surface area contributed by atoms with Crippen LogP contribution in [0.15, 0.2) is 18.3 Å². The summed E-state index contributed by atoms with van der Waals surface area (Å²) in [6.45, 7) is 6.05. The molecule has 1 aromatic rings. The zero-order valence-electron chi connectivity index (χ0n) is 16.6. The molecule has 3 rings (SSSR count). The first kappa shape index (κ1) is 19.9. The lowest BCUT2D eigenvalue weighted by Gasteiger charge is -2.28. The van der Waals surface area contributed by atoms with E-state index in [9.17, 15) is 4.79 Å². The van der Waals surface area contributed by atoms with Gasteiger partial charge in [0.05, 0.1) is 12.7 Å². The molecular formula is C21H34N4O2. The number of aromatic nitrogens is 1. The van der Waals surface area contributed by atoms with Crippen molar-refractivity contribution in [3.05, 3.63) is 23.9 Å². The van der Waals surface area contributed by atoms with Gasteiger partial charge < -0.3 is 20.3 Å². The molecule has 6 heteroatoms. The maximum absolute atomic E-state index is 11.9. The molecule has 0 aromatic carbocycles. The zero-order chi connectivity index (χ0) is 18.9. The van der Waals surface area contributed by atoms with E-state index in [1.165, 1.54) is 38.5 Å². The molecular weight excluding hydrogens is 340 g/mol. The van der Waals surface area contributed by atoms with Crippen LogP contribution < -0.4 is 15.5 Å². The number of pyridine rings is 1. The van der Waals surface area contributed by atoms with Crippen LogP contribution in [0.1, 0.15) is 57.4 Å². The summed E-state index contributed by atoms with van der Waals surface area (Å²) in [6, 6.07) is 3.94. The van der Waals surface area contributed by atoms with Crippen LogP contribution in [0.4, 0.5) is 10.6 Å². The Labute approximate surface area is 163 Å². The number of carbonyl (C=O) groups is 1. The average Bonchev–Trinajstić information content (AvgIpc) is 2.72. The monoisotopic (exact) mass is 374 g/mol. The second-order valence-corrected chi connectivity index (χ2v) is 7.85. The quantitative estimate of drug-likeness (QED) is 0.717. The lowest BCUT2D eigenvalue weighted by molar-refractivity contribution is -0.00243. The Balaban J connectivity index is 1.30. The Morgan fingerprint density at radius 3 is 2.70 bits per heavy atom. The third-order valence-corrected chi connectivity index (χ3v) is 5.69. The van der Waals surface area contributed by atoms with E-state index in [2.05, 4.69) is 33.5 Å². The number of urea groups is 1. The second kappa shape index (κ2) is 10.5. The molecule has 1 saturated carbocycles. The number of hydrogen-bond donors (Lipinski definition) is 2. The van der Waals surface area contributed by atoms with Gasteiger partial charge in [-0.3, -0.25) is 0 Å². The van der Waals surface area contributed by atoms with Crippen molar-refractivity contribution in [3.8, 4) is 0 Å². The number of nitrogens with zero attached hydrogens (tertiary/aromatic N) is 2. The lowest BCUT2D eigenvalue weighted by atomic mass is 9.88. The molecule has 2 unspecified atom stereocenters. The highest BCUT2D eigenvalue weighted by atomic mass is 16.5. The van der Waals surface area contributed by atoms with Crippen LogP contribution in [-0.2, 0) is 11.3 Å². The van der Waals surface area contributed by atoms with E-state index in [1.807, 2.05) is 12.3 Å². The summed E-state index contributed by atoms with van der Waals surface area (Å²) in [5, 5.41) is 5.75. The highest BCUT2D eigenvalue weighted by Crippen LogP contribution is 2.26. The maximum atomic E-state index is 11.9. The Kier molecular flexibility index (Phi) is 7.75. The van der Waals surface area contributed by atoms with Crippen molar-refractivity contribution in [1.82, 2.24) is 15.6 Å². The van der Waals surface area contributed by atoms with Crippen LogP contribution in [0.5, 0.6) is 0 Å². The fourth-order valence-corrected chi connectivity index (χ4v) is 3.98. The summed E-state index contributed by atoms with van der Waals surface area (Å²) in [6.07, 6.45) is 11.0. The number of rotatable bonds is 7. The first-order chi connectivity index (χ1) is 13.2. The van der Waals surface area contributed by atoms with Gasteiger partial charge in [-0.05, 0) is 49.7 Å². The third kappa shape index (κ3) is 6.38. The normalized spacial score (nSPS) is 23.1. The van der Waals surface area contributed by atoms with Crippen molar-refractivity contribution < 1.29 is 9.53 Å². The second-order valence-electron chi connectivity index (χ2n) is 7.85. The molecule has 27 heavy (non-hydrogen) atoms. The van der Waals surface area contributed by atoms with Gasteiger partial charge in [-0.2, -0.15) is 0 Å². The standard InChI is InChI=1S/C21H34N4O2/c1-17-7-3-4-8-19(17)27-14-11-22-21(26)24-16-18-9-10-20(23-15-18)25-12-5-2-6-13-25/h9-10,15,17,19H,2-8,11-14,16H2,1H3,(H2,22,24,26). The maximum Gasteiger partial charge on any atom is 0.315 e. The largest absolute Gasteiger partial charge is 0.376 e. The van der Waals surface area contributed by atoms with Gasteiger partial charge in [0.2, 0.25) is 0 Å². The van der Waals surface area contributed by atoms with Gasteiger partial charge in [0.15, 0.2) is 0 Å². The highest BCUT2D eigenvalue weighted by molar-refractivity contribution is 5.73. The number of carbonyl (C=O) groups excluding carboxylic acids is 1. The minimum absolute atomic E-state index is 0.157. The van der Waals surface area contributed by atoms with E-state index in [0.29, 0.717) is 31.7 Å². The molecule has 2 atom stereocenters. The third-order valence-electron chi connectivity index (χ3n) is 5.69. The smallest absolute Gasteiger partial charge is 0.315 e. The molecule has 1 aliphatic heterocycles. The van der Waals surface area contributed by atoms with E-state index in [0.717, 1.165) is 30.9 Å². The zero-order valence-corrected chi connectivity index (χ0v) is 16.6. The van der Waals surface area contributed by atoms with Crippen molar-refractivity contribution in [2.24, 2.45) is 5.92 Å². The molecule has 0 bridgehead atoms. The van der Waals surface area contributed by atoms with Crippen LogP contribution in [0.2, 0.25) is 0 Å². The Morgan fingerprint density at radius 1 is 1.15 bits per heavy atom. The Hall–Kier alpha value is -1.82. The van der Waals surface area contributed by atoms with Crippen LogP contribution in [0, 0.1) is 5.92 Å². The Morgan fingerprint density at radius 2 is 1.96 bits per heavy atom. The van der Waals surface area contributed by atoms with Crippen LogP contribution in [0.3, 0.4) is 0 Å². The van der Waals surface area contributed by atoms with Crippen molar-refractivity contribution >= 4 is 11.8 Å². The predicted octanol–water partition coefficient (Wildman–Crippen LogP) is 3.47. The molecule has 1 aliphatic carbocycles. The molecule has 150 valence electrons. The van der Waals surface area contributed by atoms with Crippen molar-refractivity contribution in [3.63, 3.8) is 0 Å². The molecule has 1 aromatic heterocycles. The van der Waals surface area contributed by atoms with E-state index in [4.69, 9.17) is 4.74 Å². The van der Waals surface area contributed by atoms with Gasteiger partial charge in [-0.1, -0.05) is 25.8 Å². The molecule has 0 spiro atoms. The molecule has 1 saturated heterocycles. The topological polar surface area (TPSA) is 66.5 Å². The van der Waals surface area contributed by atoms with Gasteiger partial charge in [0.1, 0.15) is 5.82 Å². The summed E-state index contributed by atoms with van der Waals surface area (Å²) < 4.78 is 5.92. The molecule has 2 N–H and O–H groups in total. The number of anilines is 1. The SMILES string of the molecule is CC1CCCCC1OCCNC(=O)NCc1ccc(N2CCCCC2)nc1.